The first-order valence-electron chi connectivity index (χ1n) is 7.19. The van der Waals surface area contributed by atoms with Gasteiger partial charge in [-0.2, -0.15) is 9.57 Å². The van der Waals surface area contributed by atoms with Gasteiger partial charge in [-0.3, -0.25) is 0 Å². The molecule has 0 amide bonds. The topological polar surface area (TPSA) is 79.6 Å². The van der Waals surface area contributed by atoms with Gasteiger partial charge >= 0.3 is 0 Å². The molecule has 0 N–H and O–H groups in total. The van der Waals surface area contributed by atoms with Crippen LogP contribution in [0.4, 0.5) is 0 Å². The molecule has 1 atom stereocenters. The molecule has 1 aromatic rings. The highest BCUT2D eigenvalue weighted by molar-refractivity contribution is 7.89. The van der Waals surface area contributed by atoms with Crippen molar-refractivity contribution >= 4 is 10.0 Å². The summed E-state index contributed by atoms with van der Waals surface area (Å²) in [6.07, 6.45) is 0.640. The molecule has 2 aliphatic heterocycles. The number of morpholine rings is 1. The van der Waals surface area contributed by atoms with Crippen LogP contribution in [0.2, 0.25) is 0 Å². The normalized spacial score (nSPS) is 26.2. The molecule has 6 nitrogen and oxygen atoms in total. The lowest BCUT2D eigenvalue weighted by Gasteiger charge is -2.42. The van der Waals surface area contributed by atoms with Gasteiger partial charge in [0.05, 0.1) is 41.9 Å². The Labute approximate surface area is 130 Å². The van der Waals surface area contributed by atoms with Crippen LogP contribution in [-0.2, 0) is 19.5 Å². The lowest BCUT2D eigenvalue weighted by molar-refractivity contribution is -0.0293. The van der Waals surface area contributed by atoms with Crippen molar-refractivity contribution in [1.82, 2.24) is 4.31 Å². The van der Waals surface area contributed by atoms with Crippen molar-refractivity contribution < 1.29 is 17.9 Å². The Morgan fingerprint density at radius 2 is 2.00 bits per heavy atom. The molecule has 2 fully saturated rings. The van der Waals surface area contributed by atoms with Gasteiger partial charge < -0.3 is 9.47 Å². The monoisotopic (exact) mass is 322 g/mol. The third-order valence-corrected chi connectivity index (χ3v) is 6.33. The fourth-order valence-corrected chi connectivity index (χ4v) is 4.89. The second kappa shape index (κ2) is 5.63. The molecule has 1 spiro atoms. The van der Waals surface area contributed by atoms with Gasteiger partial charge in [0.15, 0.2) is 0 Å². The highest BCUT2D eigenvalue weighted by Gasteiger charge is 2.49. The smallest absolute Gasteiger partial charge is 0.243 e. The minimum absolute atomic E-state index is 0.220. The number of rotatable bonds is 2. The Kier molecular flexibility index (Phi) is 3.95. The zero-order valence-electron chi connectivity index (χ0n) is 12.4. The van der Waals surface area contributed by atoms with Gasteiger partial charge in [0.25, 0.3) is 0 Å². The zero-order valence-corrected chi connectivity index (χ0v) is 13.2. The molecule has 0 radical (unpaired) electrons. The van der Waals surface area contributed by atoms with E-state index in [2.05, 4.69) is 6.07 Å². The maximum absolute atomic E-state index is 13.0. The summed E-state index contributed by atoms with van der Waals surface area (Å²) < 4.78 is 38.5. The summed E-state index contributed by atoms with van der Waals surface area (Å²) in [6, 6.07) is 6.67. The van der Waals surface area contributed by atoms with Gasteiger partial charge in [0.2, 0.25) is 10.0 Å². The molecule has 1 aromatic carbocycles. The maximum atomic E-state index is 13.0. The summed E-state index contributed by atoms with van der Waals surface area (Å²) in [5.74, 6) is 0. The molecular weight excluding hydrogens is 304 g/mol. The van der Waals surface area contributed by atoms with Crippen LogP contribution in [0.5, 0.6) is 0 Å². The Balaban J connectivity index is 2.01. The van der Waals surface area contributed by atoms with Crippen molar-refractivity contribution in [2.45, 2.75) is 23.8 Å². The second-order valence-electron chi connectivity index (χ2n) is 5.75. The molecule has 118 valence electrons. The summed E-state index contributed by atoms with van der Waals surface area (Å²) in [5.41, 5.74) is 0.548. The van der Waals surface area contributed by atoms with E-state index in [0.29, 0.717) is 50.5 Å². The molecule has 22 heavy (non-hydrogen) atoms. The number of benzene rings is 1. The maximum Gasteiger partial charge on any atom is 0.243 e. The minimum Gasteiger partial charge on any atom is -0.379 e. The van der Waals surface area contributed by atoms with Crippen molar-refractivity contribution in [2.24, 2.45) is 0 Å². The number of aryl methyl sites for hydroxylation is 1. The summed E-state index contributed by atoms with van der Waals surface area (Å²) in [7, 11) is -3.64. The lowest BCUT2D eigenvalue weighted by atomic mass is 9.99. The van der Waals surface area contributed by atoms with Crippen molar-refractivity contribution in [2.75, 3.05) is 33.0 Å². The van der Waals surface area contributed by atoms with Gasteiger partial charge in [-0.25, -0.2) is 8.42 Å². The molecular formula is C15H18N2O4S. The van der Waals surface area contributed by atoms with E-state index < -0.39 is 15.6 Å². The Hall–Kier alpha value is -1.46. The van der Waals surface area contributed by atoms with E-state index in [9.17, 15) is 8.42 Å². The van der Waals surface area contributed by atoms with Crippen LogP contribution in [-0.4, -0.2) is 51.2 Å². The quantitative estimate of drug-likeness (QED) is 0.813. The van der Waals surface area contributed by atoms with E-state index in [-0.39, 0.29) is 4.90 Å². The fourth-order valence-electron chi connectivity index (χ4n) is 3.05. The van der Waals surface area contributed by atoms with E-state index in [0.717, 1.165) is 0 Å². The van der Waals surface area contributed by atoms with Crippen LogP contribution in [0.1, 0.15) is 17.5 Å². The van der Waals surface area contributed by atoms with Crippen LogP contribution < -0.4 is 0 Å². The predicted octanol–water partition coefficient (Wildman–Crippen LogP) is 1.05. The SMILES string of the molecule is Cc1cc(S(=O)(=O)N2CCOC[C@]23CCOC3)ccc1C#N. The predicted molar refractivity (Wildman–Crippen MR) is 78.8 cm³/mol. The van der Waals surface area contributed by atoms with E-state index in [1.165, 1.54) is 10.4 Å². The van der Waals surface area contributed by atoms with Crippen LogP contribution >= 0.6 is 0 Å². The molecule has 0 aliphatic carbocycles. The van der Waals surface area contributed by atoms with Crippen LogP contribution in [0.25, 0.3) is 0 Å². The minimum atomic E-state index is -3.64. The number of hydrogen-bond acceptors (Lipinski definition) is 5. The van der Waals surface area contributed by atoms with Crippen molar-refractivity contribution in [3.05, 3.63) is 29.3 Å². The largest absolute Gasteiger partial charge is 0.379 e. The average molecular weight is 322 g/mol. The molecule has 0 bridgehead atoms. The van der Waals surface area contributed by atoms with E-state index >= 15 is 0 Å². The molecule has 2 heterocycles. The molecule has 2 saturated heterocycles. The van der Waals surface area contributed by atoms with Crippen LogP contribution in [0.3, 0.4) is 0 Å². The standard InChI is InChI=1S/C15H18N2O4S/c1-12-8-14(3-2-13(12)9-16)22(18,19)17-5-7-21-11-15(17)4-6-20-10-15/h2-3,8H,4-7,10-11H2,1H3/t15-/m1/s1. The molecule has 3 rings (SSSR count). The third kappa shape index (κ3) is 2.42. The molecule has 0 aromatic heterocycles. The van der Waals surface area contributed by atoms with Crippen molar-refractivity contribution in [3.8, 4) is 6.07 Å². The number of ether oxygens (including phenoxy) is 2. The first kappa shape index (κ1) is 15.4. The number of nitriles is 1. The summed E-state index contributed by atoms with van der Waals surface area (Å²) in [4.78, 5) is 0.220. The van der Waals surface area contributed by atoms with Gasteiger partial charge in [-0.15, -0.1) is 0 Å². The fraction of sp³-hybridized carbons (Fsp3) is 0.533. The van der Waals surface area contributed by atoms with Gasteiger partial charge in [0.1, 0.15) is 0 Å². The first-order chi connectivity index (χ1) is 10.5. The van der Waals surface area contributed by atoms with Crippen LogP contribution in [0, 0.1) is 18.3 Å². The van der Waals surface area contributed by atoms with Crippen molar-refractivity contribution in [3.63, 3.8) is 0 Å². The first-order valence-corrected chi connectivity index (χ1v) is 8.63. The summed E-state index contributed by atoms with van der Waals surface area (Å²) >= 11 is 0. The van der Waals surface area contributed by atoms with Gasteiger partial charge in [0, 0.05) is 13.2 Å². The Bertz CT molecular complexity index is 718. The van der Waals surface area contributed by atoms with Gasteiger partial charge in [-0.1, -0.05) is 0 Å². The van der Waals surface area contributed by atoms with E-state index in [1.807, 2.05) is 0 Å². The molecule has 0 saturated carbocycles. The second-order valence-corrected chi connectivity index (χ2v) is 7.61. The third-order valence-electron chi connectivity index (χ3n) is 4.33. The molecule has 7 heteroatoms. The zero-order chi connectivity index (χ0) is 15.8. The van der Waals surface area contributed by atoms with E-state index in [1.54, 1.807) is 19.1 Å². The van der Waals surface area contributed by atoms with Gasteiger partial charge in [-0.05, 0) is 37.1 Å². The van der Waals surface area contributed by atoms with Crippen molar-refractivity contribution in [1.29, 1.82) is 5.26 Å². The number of sulfonamides is 1. The highest BCUT2D eigenvalue weighted by Crippen LogP contribution is 2.34. The highest BCUT2D eigenvalue weighted by atomic mass is 32.2. The average Bonchev–Trinajstić information content (AvgIpc) is 2.96. The van der Waals surface area contributed by atoms with E-state index in [4.69, 9.17) is 14.7 Å². The molecule has 2 aliphatic rings. The molecule has 0 unspecified atom stereocenters. The summed E-state index contributed by atoms with van der Waals surface area (Å²) in [6.45, 7) is 3.72. The Morgan fingerprint density at radius 1 is 1.27 bits per heavy atom. The number of nitrogens with zero attached hydrogens (tertiary/aromatic N) is 2. The summed E-state index contributed by atoms with van der Waals surface area (Å²) in [5, 5.41) is 8.99. The lowest BCUT2D eigenvalue weighted by Crippen LogP contribution is -2.59. The number of hydrogen-bond donors (Lipinski definition) is 0. The van der Waals surface area contributed by atoms with Crippen LogP contribution in [0.15, 0.2) is 23.1 Å². The Morgan fingerprint density at radius 3 is 2.59 bits per heavy atom.